The maximum atomic E-state index is 13.5. The highest BCUT2D eigenvalue weighted by Gasteiger charge is 2.76. The number of carbonyl (C=O) groups is 1. The molecule has 3 aliphatic carbocycles. The number of piperidine rings is 1. The minimum absolute atomic E-state index is 0. The monoisotopic (exact) mass is 658 g/mol. The summed E-state index contributed by atoms with van der Waals surface area (Å²) in [7, 11) is 5.81. The summed E-state index contributed by atoms with van der Waals surface area (Å²) in [6, 6.07) is 11.3. The Kier molecular flexibility index (Phi) is 6.70. The van der Waals surface area contributed by atoms with Gasteiger partial charge in [0.1, 0.15) is 23.5 Å². The number of hydrogen-bond donors (Lipinski definition) is 2. The van der Waals surface area contributed by atoms with Crippen LogP contribution >= 0.6 is 0 Å². The van der Waals surface area contributed by atoms with Crippen molar-refractivity contribution in [2.24, 2.45) is 5.92 Å². The SMILES string of the molecule is COc1cccc(C=CC(=O)N(C)[C@@H]2CC[C@@]3(O)[C@H]4Cc5ccc(O)c6c5[C@@]3(CC[N+]4(C)CC3CC3)[C@H]2O6)c1.[I-]. The number of hydrogen-bond acceptors (Lipinski definition) is 5. The molecule has 8 heteroatoms. The van der Waals surface area contributed by atoms with Crippen LogP contribution in [0.25, 0.3) is 6.08 Å². The number of likely N-dealkylation sites (tertiary alicyclic amines) is 1. The summed E-state index contributed by atoms with van der Waals surface area (Å²) < 4.78 is 12.9. The van der Waals surface area contributed by atoms with Gasteiger partial charge in [-0.25, -0.2) is 0 Å². The average molecular weight is 659 g/mol. The highest BCUT2D eigenvalue weighted by molar-refractivity contribution is 5.92. The van der Waals surface area contributed by atoms with Gasteiger partial charge in [-0.15, -0.1) is 0 Å². The van der Waals surface area contributed by atoms with Gasteiger partial charge in [0.15, 0.2) is 11.5 Å². The first-order valence-electron chi connectivity index (χ1n) is 14.4. The number of amides is 1. The van der Waals surface area contributed by atoms with Crippen LogP contribution < -0.4 is 33.5 Å². The molecule has 0 radical (unpaired) electrons. The summed E-state index contributed by atoms with van der Waals surface area (Å²) in [6.45, 7) is 2.09. The molecule has 2 saturated carbocycles. The number of benzene rings is 2. The molecule has 2 N–H and O–H groups in total. The number of aromatic hydroxyl groups is 1. The third-order valence-corrected chi connectivity index (χ3v) is 10.8. The zero-order chi connectivity index (χ0) is 27.2. The van der Waals surface area contributed by atoms with E-state index in [4.69, 9.17) is 9.47 Å². The largest absolute Gasteiger partial charge is 1.00 e. The lowest BCUT2D eigenvalue weighted by molar-refractivity contribution is -0.950. The normalized spacial score (nSPS) is 35.0. The van der Waals surface area contributed by atoms with Crippen molar-refractivity contribution in [3.8, 4) is 17.2 Å². The van der Waals surface area contributed by atoms with E-state index in [0.717, 1.165) is 53.2 Å². The smallest absolute Gasteiger partial charge is 0.246 e. The molecule has 2 aliphatic heterocycles. The zero-order valence-corrected chi connectivity index (χ0v) is 25.6. The van der Waals surface area contributed by atoms with Gasteiger partial charge in [0.2, 0.25) is 5.91 Å². The molecule has 5 aliphatic rings. The molecule has 2 bridgehead atoms. The van der Waals surface area contributed by atoms with E-state index >= 15 is 0 Å². The summed E-state index contributed by atoms with van der Waals surface area (Å²) in [5.41, 5.74) is 1.51. The second-order valence-corrected chi connectivity index (χ2v) is 12.8. The second-order valence-electron chi connectivity index (χ2n) is 12.8. The molecule has 2 aromatic rings. The van der Waals surface area contributed by atoms with Crippen molar-refractivity contribution in [3.63, 3.8) is 0 Å². The van der Waals surface area contributed by atoms with Crippen LogP contribution in [0.2, 0.25) is 0 Å². The van der Waals surface area contributed by atoms with Gasteiger partial charge in [-0.1, -0.05) is 18.2 Å². The lowest BCUT2D eigenvalue weighted by atomic mass is 9.47. The topological polar surface area (TPSA) is 79.2 Å². The van der Waals surface area contributed by atoms with E-state index in [1.54, 1.807) is 24.2 Å². The predicted octanol–water partition coefficient (Wildman–Crippen LogP) is 0.654. The summed E-state index contributed by atoms with van der Waals surface area (Å²) in [6.07, 6.45) is 8.45. The number of nitrogens with zero attached hydrogens (tertiary/aromatic N) is 2. The highest BCUT2D eigenvalue weighted by Crippen LogP contribution is 2.66. The number of likely N-dealkylation sites (N-methyl/N-ethyl adjacent to an activating group) is 2. The average Bonchev–Trinajstić information content (AvgIpc) is 3.66. The van der Waals surface area contributed by atoms with Gasteiger partial charge in [-0.05, 0) is 61.1 Å². The van der Waals surface area contributed by atoms with Crippen molar-refractivity contribution < 1.29 is 52.9 Å². The van der Waals surface area contributed by atoms with E-state index in [0.29, 0.717) is 18.6 Å². The molecule has 6 atom stereocenters. The number of phenolic OH excluding ortho intramolecular Hbond substituents is 1. The van der Waals surface area contributed by atoms with Crippen LogP contribution in [-0.2, 0) is 16.6 Å². The first-order valence-corrected chi connectivity index (χ1v) is 14.4. The number of aliphatic hydroxyl groups is 1. The van der Waals surface area contributed by atoms with E-state index in [9.17, 15) is 15.0 Å². The molecular weight excluding hydrogens is 619 g/mol. The fourth-order valence-electron chi connectivity index (χ4n) is 8.72. The van der Waals surface area contributed by atoms with Crippen LogP contribution in [0.4, 0.5) is 0 Å². The number of carbonyl (C=O) groups excluding carboxylic acids is 1. The third kappa shape index (κ3) is 3.85. The highest BCUT2D eigenvalue weighted by atomic mass is 127. The van der Waals surface area contributed by atoms with Gasteiger partial charge < -0.3 is 53.0 Å². The summed E-state index contributed by atoms with van der Waals surface area (Å²) >= 11 is 0. The van der Waals surface area contributed by atoms with Crippen LogP contribution in [0.1, 0.15) is 48.8 Å². The van der Waals surface area contributed by atoms with E-state index in [1.165, 1.54) is 18.4 Å². The quantitative estimate of drug-likeness (QED) is 0.271. The van der Waals surface area contributed by atoms with Crippen molar-refractivity contribution >= 4 is 12.0 Å². The first kappa shape index (κ1) is 27.8. The Balaban J connectivity index is 0.00000289. The van der Waals surface area contributed by atoms with Gasteiger partial charge in [-0.2, -0.15) is 0 Å². The van der Waals surface area contributed by atoms with Crippen molar-refractivity contribution in [1.29, 1.82) is 0 Å². The number of rotatable bonds is 6. The second kappa shape index (κ2) is 9.63. The molecule has 1 unspecified atom stereocenters. The molecule has 7 rings (SSSR count). The van der Waals surface area contributed by atoms with Crippen LogP contribution in [0.3, 0.4) is 0 Å². The van der Waals surface area contributed by atoms with Gasteiger partial charge in [0, 0.05) is 37.4 Å². The molecule has 3 fully saturated rings. The lowest BCUT2D eigenvalue weighted by Gasteiger charge is -2.66. The summed E-state index contributed by atoms with van der Waals surface area (Å²) in [4.78, 5) is 15.3. The standard InChI is InChI=1S/C32H38N2O5.HI/c1-33(27(36)12-9-20-5-4-6-23(17-20)38-3)24-13-14-32(37)26-18-22-10-11-25(35)29-28(22)31(32,30(24)39-29)15-16-34(26,2)19-21-7-8-21;/h4-6,9-12,17,21,24,26,30,37H,7-8,13-16,18-19H2,1-3H3;1H/t24-,26-,30+,31+,32-,34?;/m1./s1. The van der Waals surface area contributed by atoms with Gasteiger partial charge in [-0.3, -0.25) is 4.79 Å². The molecule has 0 aromatic heterocycles. The molecule has 1 amide bonds. The third-order valence-electron chi connectivity index (χ3n) is 10.8. The predicted molar refractivity (Wildman–Crippen MR) is 148 cm³/mol. The first-order chi connectivity index (χ1) is 18.7. The summed E-state index contributed by atoms with van der Waals surface area (Å²) in [5.74, 6) is 2.05. The van der Waals surface area contributed by atoms with Gasteiger partial charge in [0.25, 0.3) is 0 Å². The van der Waals surface area contributed by atoms with E-state index < -0.39 is 17.1 Å². The Morgan fingerprint density at radius 3 is 2.77 bits per heavy atom. The van der Waals surface area contributed by atoms with Crippen LogP contribution in [0.5, 0.6) is 17.2 Å². The van der Waals surface area contributed by atoms with Crippen molar-refractivity contribution in [1.82, 2.24) is 4.90 Å². The minimum Gasteiger partial charge on any atom is -1.00 e. The van der Waals surface area contributed by atoms with Crippen LogP contribution in [0.15, 0.2) is 42.5 Å². The molecule has 1 spiro atoms. The number of quaternary nitrogens is 1. The van der Waals surface area contributed by atoms with Crippen LogP contribution in [0, 0.1) is 5.92 Å². The van der Waals surface area contributed by atoms with E-state index in [1.807, 2.05) is 43.5 Å². The molecule has 1 saturated heterocycles. The summed E-state index contributed by atoms with van der Waals surface area (Å²) in [5, 5.41) is 23.7. The fraction of sp³-hybridized carbons (Fsp3) is 0.531. The molecule has 2 aromatic carbocycles. The maximum absolute atomic E-state index is 13.5. The molecular formula is C32H39IN2O5. The Morgan fingerprint density at radius 2 is 2.02 bits per heavy atom. The molecule has 2 heterocycles. The number of ether oxygens (including phenoxy) is 2. The molecule has 40 heavy (non-hydrogen) atoms. The lowest BCUT2D eigenvalue weighted by Crippen LogP contribution is -3.00. The number of halogens is 1. The van der Waals surface area contributed by atoms with Crippen molar-refractivity contribution in [2.45, 2.75) is 67.7 Å². The number of methoxy groups -OCH3 is 1. The van der Waals surface area contributed by atoms with Crippen LogP contribution in [-0.4, -0.2) is 83.6 Å². The number of phenols is 1. The fourth-order valence-corrected chi connectivity index (χ4v) is 8.72. The van der Waals surface area contributed by atoms with Crippen molar-refractivity contribution in [2.75, 3.05) is 34.3 Å². The van der Waals surface area contributed by atoms with E-state index in [2.05, 4.69) is 7.05 Å². The minimum atomic E-state index is -0.942. The zero-order valence-electron chi connectivity index (χ0n) is 23.5. The van der Waals surface area contributed by atoms with Gasteiger partial charge in [0.05, 0.1) is 38.7 Å². The van der Waals surface area contributed by atoms with E-state index in [-0.39, 0.29) is 47.7 Å². The Morgan fingerprint density at radius 1 is 1.23 bits per heavy atom. The maximum Gasteiger partial charge on any atom is 0.246 e. The Hall–Kier alpha value is -2.30. The van der Waals surface area contributed by atoms with Gasteiger partial charge >= 0.3 is 0 Å². The molecule has 7 nitrogen and oxygen atoms in total. The van der Waals surface area contributed by atoms with Crippen molar-refractivity contribution in [3.05, 3.63) is 59.2 Å². The Bertz CT molecular complexity index is 1380. The molecule has 214 valence electrons. The Labute approximate surface area is 253 Å².